The van der Waals surface area contributed by atoms with Gasteiger partial charge in [0.2, 0.25) is 0 Å². The highest BCUT2D eigenvalue weighted by Gasteiger charge is 2.13. The molecular formula is C13H9Cl2NO4. The van der Waals surface area contributed by atoms with Crippen molar-refractivity contribution in [1.82, 2.24) is 0 Å². The van der Waals surface area contributed by atoms with E-state index in [4.69, 9.17) is 27.9 Å². The maximum absolute atomic E-state index is 10.7. The summed E-state index contributed by atoms with van der Waals surface area (Å²) in [5.74, 6) is 0.683. The minimum absolute atomic E-state index is 0.0277. The molecule has 104 valence electrons. The molecule has 5 nitrogen and oxygen atoms in total. The van der Waals surface area contributed by atoms with Crippen molar-refractivity contribution in [2.24, 2.45) is 0 Å². The van der Waals surface area contributed by atoms with Crippen LogP contribution in [0.4, 0.5) is 5.69 Å². The summed E-state index contributed by atoms with van der Waals surface area (Å²) in [5.41, 5.74) is 0.344. The lowest BCUT2D eigenvalue weighted by Crippen LogP contribution is -1.93. The molecule has 2 aromatic carbocycles. The summed E-state index contributed by atoms with van der Waals surface area (Å²) >= 11 is 11.7. The first-order valence-electron chi connectivity index (χ1n) is 5.52. The van der Waals surface area contributed by atoms with Crippen molar-refractivity contribution in [3.05, 3.63) is 62.1 Å². The molecule has 20 heavy (non-hydrogen) atoms. The number of aliphatic hydroxyl groups is 1. The van der Waals surface area contributed by atoms with Crippen molar-refractivity contribution < 1.29 is 14.8 Å². The molecule has 0 saturated heterocycles. The summed E-state index contributed by atoms with van der Waals surface area (Å²) in [6.45, 7) is -0.215. The SMILES string of the molecule is O=[N+]([O-])c1ccc(Oc2cc(Cl)ccc2CO)cc1Cl. The average Bonchev–Trinajstić information content (AvgIpc) is 2.38. The number of benzene rings is 2. The van der Waals surface area contributed by atoms with Crippen LogP contribution in [0.15, 0.2) is 36.4 Å². The number of hydrogen-bond acceptors (Lipinski definition) is 4. The zero-order valence-electron chi connectivity index (χ0n) is 10.0. The molecule has 2 rings (SSSR count). The van der Waals surface area contributed by atoms with Gasteiger partial charge in [0.25, 0.3) is 5.69 Å². The highest BCUT2D eigenvalue weighted by molar-refractivity contribution is 6.32. The van der Waals surface area contributed by atoms with Gasteiger partial charge in [0.05, 0.1) is 11.5 Å². The number of hydrogen-bond donors (Lipinski definition) is 1. The molecule has 0 bridgehead atoms. The molecule has 0 saturated carbocycles. The second kappa shape index (κ2) is 6.09. The Morgan fingerprint density at radius 2 is 1.95 bits per heavy atom. The predicted molar refractivity (Wildman–Crippen MR) is 75.6 cm³/mol. The van der Waals surface area contributed by atoms with Crippen molar-refractivity contribution in [2.75, 3.05) is 0 Å². The van der Waals surface area contributed by atoms with E-state index >= 15 is 0 Å². The molecule has 0 aromatic heterocycles. The molecule has 0 fully saturated rings. The minimum atomic E-state index is -0.579. The van der Waals surface area contributed by atoms with Crippen molar-refractivity contribution in [3.8, 4) is 11.5 Å². The van der Waals surface area contributed by atoms with Gasteiger partial charge in [-0.2, -0.15) is 0 Å². The third-order valence-corrected chi connectivity index (χ3v) is 3.08. The van der Waals surface area contributed by atoms with Crippen LogP contribution in [0.1, 0.15) is 5.56 Å². The quantitative estimate of drug-likeness (QED) is 0.678. The minimum Gasteiger partial charge on any atom is -0.457 e. The van der Waals surface area contributed by atoms with E-state index in [1.165, 1.54) is 18.2 Å². The highest BCUT2D eigenvalue weighted by atomic mass is 35.5. The molecule has 0 spiro atoms. The van der Waals surface area contributed by atoms with Crippen LogP contribution in [0.2, 0.25) is 10.0 Å². The van der Waals surface area contributed by atoms with E-state index in [0.717, 1.165) is 0 Å². The summed E-state index contributed by atoms with van der Waals surface area (Å²) in [4.78, 5) is 10.1. The average molecular weight is 314 g/mol. The number of nitro benzene ring substituents is 1. The van der Waals surface area contributed by atoms with E-state index in [9.17, 15) is 15.2 Å². The van der Waals surface area contributed by atoms with Crippen molar-refractivity contribution >= 4 is 28.9 Å². The molecule has 0 unspecified atom stereocenters. The van der Waals surface area contributed by atoms with Crippen LogP contribution >= 0.6 is 23.2 Å². The number of ether oxygens (including phenoxy) is 1. The molecule has 0 radical (unpaired) electrons. The van der Waals surface area contributed by atoms with Gasteiger partial charge in [-0.15, -0.1) is 0 Å². The molecular weight excluding hydrogens is 305 g/mol. The number of nitro groups is 1. The number of halogens is 2. The van der Waals surface area contributed by atoms with Gasteiger partial charge < -0.3 is 9.84 Å². The van der Waals surface area contributed by atoms with Crippen LogP contribution < -0.4 is 4.74 Å². The monoisotopic (exact) mass is 313 g/mol. The second-order valence-electron chi connectivity index (χ2n) is 3.88. The smallest absolute Gasteiger partial charge is 0.288 e. The van der Waals surface area contributed by atoms with Gasteiger partial charge in [-0.05, 0) is 18.2 Å². The molecule has 0 amide bonds. The zero-order chi connectivity index (χ0) is 14.7. The highest BCUT2D eigenvalue weighted by Crippen LogP contribution is 2.33. The Morgan fingerprint density at radius 3 is 2.55 bits per heavy atom. The van der Waals surface area contributed by atoms with Gasteiger partial charge in [0.15, 0.2) is 0 Å². The first kappa shape index (κ1) is 14.6. The third-order valence-electron chi connectivity index (χ3n) is 2.54. The Kier molecular flexibility index (Phi) is 4.44. The van der Waals surface area contributed by atoms with Crippen molar-refractivity contribution in [3.63, 3.8) is 0 Å². The van der Waals surface area contributed by atoms with E-state index in [1.807, 2.05) is 0 Å². The zero-order valence-corrected chi connectivity index (χ0v) is 11.6. The number of rotatable bonds is 4. The molecule has 0 heterocycles. The predicted octanol–water partition coefficient (Wildman–Crippen LogP) is 4.19. The molecule has 1 N–H and O–H groups in total. The van der Waals surface area contributed by atoms with E-state index in [1.54, 1.807) is 18.2 Å². The van der Waals surface area contributed by atoms with Gasteiger partial charge in [0.1, 0.15) is 16.5 Å². The molecule has 0 aliphatic heterocycles. The van der Waals surface area contributed by atoms with E-state index in [-0.39, 0.29) is 17.3 Å². The molecule has 0 aliphatic carbocycles. The fraction of sp³-hybridized carbons (Fsp3) is 0.0769. The Morgan fingerprint density at radius 1 is 1.20 bits per heavy atom. The Balaban J connectivity index is 2.33. The van der Waals surface area contributed by atoms with Gasteiger partial charge in [0, 0.05) is 22.7 Å². The fourth-order valence-electron chi connectivity index (χ4n) is 1.58. The van der Waals surface area contributed by atoms with E-state index < -0.39 is 4.92 Å². The van der Waals surface area contributed by atoms with Crippen LogP contribution in [0.25, 0.3) is 0 Å². The summed E-state index contributed by atoms with van der Waals surface area (Å²) in [6, 6.07) is 8.81. The Labute approximate surface area is 124 Å². The van der Waals surface area contributed by atoms with Crippen molar-refractivity contribution in [2.45, 2.75) is 6.61 Å². The third kappa shape index (κ3) is 3.19. The Bertz CT molecular complexity index is 661. The largest absolute Gasteiger partial charge is 0.457 e. The second-order valence-corrected chi connectivity index (χ2v) is 4.73. The van der Waals surface area contributed by atoms with E-state index in [2.05, 4.69) is 0 Å². The summed E-state index contributed by atoms with van der Waals surface area (Å²) in [6.07, 6.45) is 0. The van der Waals surface area contributed by atoms with Crippen LogP contribution in [-0.2, 0) is 6.61 Å². The molecule has 0 aliphatic rings. The van der Waals surface area contributed by atoms with Crippen LogP contribution in [-0.4, -0.2) is 10.0 Å². The summed E-state index contributed by atoms with van der Waals surface area (Å²) in [7, 11) is 0. The lowest BCUT2D eigenvalue weighted by molar-refractivity contribution is -0.384. The van der Waals surface area contributed by atoms with Crippen LogP contribution in [0.3, 0.4) is 0 Å². The van der Waals surface area contributed by atoms with Gasteiger partial charge in [-0.25, -0.2) is 0 Å². The van der Waals surface area contributed by atoms with E-state index in [0.29, 0.717) is 22.1 Å². The van der Waals surface area contributed by atoms with Crippen molar-refractivity contribution in [1.29, 1.82) is 0 Å². The van der Waals surface area contributed by atoms with Crippen LogP contribution in [0.5, 0.6) is 11.5 Å². The van der Waals surface area contributed by atoms with Gasteiger partial charge >= 0.3 is 0 Å². The topological polar surface area (TPSA) is 72.6 Å². The number of nitrogens with zero attached hydrogens (tertiary/aromatic N) is 1. The molecule has 2 aromatic rings. The lowest BCUT2D eigenvalue weighted by atomic mass is 10.2. The maximum Gasteiger partial charge on any atom is 0.288 e. The standard InChI is InChI=1S/C13H9Cl2NO4/c14-9-2-1-8(7-17)13(5-9)20-10-3-4-12(16(18)19)11(15)6-10/h1-6,17H,7H2. The summed E-state index contributed by atoms with van der Waals surface area (Å²) in [5, 5.41) is 20.3. The maximum atomic E-state index is 10.7. The van der Waals surface area contributed by atoms with Gasteiger partial charge in [-0.1, -0.05) is 29.3 Å². The van der Waals surface area contributed by atoms with Gasteiger partial charge in [-0.3, -0.25) is 10.1 Å². The Hall–Kier alpha value is -1.82. The fourth-order valence-corrected chi connectivity index (χ4v) is 1.98. The van der Waals surface area contributed by atoms with Crippen LogP contribution in [0, 0.1) is 10.1 Å². The summed E-state index contributed by atoms with van der Waals surface area (Å²) < 4.78 is 5.55. The first-order chi connectivity index (χ1) is 9.51. The number of aliphatic hydroxyl groups excluding tert-OH is 1. The first-order valence-corrected chi connectivity index (χ1v) is 6.28. The molecule has 0 atom stereocenters. The molecule has 7 heteroatoms. The normalized spacial score (nSPS) is 10.3. The lowest BCUT2D eigenvalue weighted by Gasteiger charge is -2.10.